The molecule has 4 nitrogen and oxygen atoms in total. The van der Waals surface area contributed by atoms with Gasteiger partial charge in [-0.15, -0.1) is 0 Å². The van der Waals surface area contributed by atoms with Gasteiger partial charge in [-0.1, -0.05) is 24.3 Å². The van der Waals surface area contributed by atoms with Gasteiger partial charge in [0.05, 0.1) is 28.8 Å². The Morgan fingerprint density at radius 3 is 1.61 bits per heavy atom. The van der Waals surface area contributed by atoms with Crippen molar-refractivity contribution < 1.29 is 40.7 Å². The Labute approximate surface area is 183 Å². The molecule has 1 heterocycles. The van der Waals surface area contributed by atoms with E-state index in [1.54, 1.807) is 12.1 Å². The number of carbonyl (C=O) groups is 2. The van der Waals surface area contributed by atoms with Crippen molar-refractivity contribution in [1.82, 2.24) is 4.90 Å². The van der Waals surface area contributed by atoms with Gasteiger partial charge in [-0.05, 0) is 48.0 Å². The molecule has 33 heavy (non-hydrogen) atoms. The summed E-state index contributed by atoms with van der Waals surface area (Å²) in [4.78, 5) is 25.9. The maximum absolute atomic E-state index is 13.0. The highest BCUT2D eigenvalue weighted by Crippen LogP contribution is 2.39. The van der Waals surface area contributed by atoms with Crippen LogP contribution in [0.4, 0.5) is 26.3 Å². The number of benzene rings is 3. The number of nitrogens with zero attached hydrogens (tertiary/aromatic N) is 1. The molecule has 0 atom stereocenters. The van der Waals surface area contributed by atoms with Crippen LogP contribution in [0.5, 0.6) is 11.5 Å². The van der Waals surface area contributed by atoms with Gasteiger partial charge in [0.2, 0.25) is 0 Å². The van der Waals surface area contributed by atoms with Crippen LogP contribution < -0.4 is 4.74 Å². The summed E-state index contributed by atoms with van der Waals surface area (Å²) in [5.41, 5.74) is -1.90. The number of halogens is 6. The Hall–Kier alpha value is -3.82. The maximum atomic E-state index is 13.0. The van der Waals surface area contributed by atoms with Gasteiger partial charge in [0.25, 0.3) is 11.8 Å². The van der Waals surface area contributed by atoms with Crippen LogP contribution in [0.1, 0.15) is 37.4 Å². The van der Waals surface area contributed by atoms with Crippen LogP contribution in [-0.4, -0.2) is 16.7 Å². The zero-order valence-electron chi connectivity index (χ0n) is 16.5. The first-order valence-electron chi connectivity index (χ1n) is 9.45. The molecule has 0 radical (unpaired) electrons. The van der Waals surface area contributed by atoms with Crippen molar-refractivity contribution in [2.45, 2.75) is 18.9 Å². The number of amides is 2. The molecular weight excluding hydrogens is 452 g/mol. The van der Waals surface area contributed by atoms with E-state index in [1.807, 2.05) is 0 Å². The summed E-state index contributed by atoms with van der Waals surface area (Å²) in [5.74, 6) is -1.57. The molecule has 0 saturated carbocycles. The minimum absolute atomic E-state index is 0.0119. The lowest BCUT2D eigenvalue weighted by atomic mass is 10.1. The molecule has 0 bridgehead atoms. The molecule has 0 aliphatic carbocycles. The number of hydrogen-bond donors (Lipinski definition) is 0. The number of ether oxygens (including phenoxy) is 1. The Kier molecular flexibility index (Phi) is 5.39. The van der Waals surface area contributed by atoms with E-state index in [0.29, 0.717) is 17.7 Å². The van der Waals surface area contributed by atoms with Crippen LogP contribution in [-0.2, 0) is 18.9 Å². The molecule has 10 heteroatoms. The van der Waals surface area contributed by atoms with E-state index < -0.39 is 41.0 Å². The molecule has 0 unspecified atom stereocenters. The average Bonchev–Trinajstić information content (AvgIpc) is 2.99. The van der Waals surface area contributed by atoms with Crippen LogP contribution in [0.3, 0.4) is 0 Å². The molecule has 170 valence electrons. The summed E-state index contributed by atoms with van der Waals surface area (Å²) < 4.78 is 83.2. The number of carbonyl (C=O) groups excluding carboxylic acids is 2. The van der Waals surface area contributed by atoms with E-state index in [0.717, 1.165) is 4.90 Å². The van der Waals surface area contributed by atoms with E-state index in [1.165, 1.54) is 36.4 Å². The molecule has 0 spiro atoms. The first-order chi connectivity index (χ1) is 15.4. The van der Waals surface area contributed by atoms with Crippen LogP contribution in [0, 0.1) is 0 Å². The largest absolute Gasteiger partial charge is 0.457 e. The Morgan fingerprint density at radius 1 is 0.667 bits per heavy atom. The fourth-order valence-electron chi connectivity index (χ4n) is 3.35. The van der Waals surface area contributed by atoms with E-state index in [9.17, 15) is 35.9 Å². The van der Waals surface area contributed by atoms with Crippen molar-refractivity contribution in [3.05, 3.63) is 94.5 Å². The van der Waals surface area contributed by atoms with Gasteiger partial charge in [0.1, 0.15) is 11.5 Å². The first kappa shape index (κ1) is 22.4. The van der Waals surface area contributed by atoms with Gasteiger partial charge in [0, 0.05) is 0 Å². The van der Waals surface area contributed by atoms with E-state index >= 15 is 0 Å². The molecule has 1 aliphatic heterocycles. The number of rotatable bonds is 4. The predicted octanol–water partition coefficient (Wildman–Crippen LogP) is 6.31. The van der Waals surface area contributed by atoms with Gasteiger partial charge in [0.15, 0.2) is 0 Å². The summed E-state index contributed by atoms with van der Waals surface area (Å²) in [7, 11) is 0. The molecule has 4 rings (SSSR count). The van der Waals surface area contributed by atoms with Gasteiger partial charge >= 0.3 is 12.4 Å². The monoisotopic (exact) mass is 465 g/mol. The second-order valence-corrected chi connectivity index (χ2v) is 7.23. The number of fused-ring (bicyclic) bond motifs is 1. The molecule has 0 N–H and O–H groups in total. The maximum Gasteiger partial charge on any atom is 0.416 e. The van der Waals surface area contributed by atoms with E-state index in [4.69, 9.17) is 4.74 Å². The molecule has 0 saturated heterocycles. The quantitative estimate of drug-likeness (QED) is 0.335. The summed E-state index contributed by atoms with van der Waals surface area (Å²) in [5, 5.41) is 0. The Balaban J connectivity index is 1.53. The van der Waals surface area contributed by atoms with Crippen LogP contribution in [0.25, 0.3) is 0 Å². The Morgan fingerprint density at radius 2 is 1.15 bits per heavy atom. The molecule has 0 aromatic heterocycles. The Bertz CT molecular complexity index is 1160. The minimum atomic E-state index is -4.99. The third-order valence-corrected chi connectivity index (χ3v) is 4.94. The molecule has 0 fully saturated rings. The van der Waals surface area contributed by atoms with Gasteiger partial charge in [-0.3, -0.25) is 14.5 Å². The first-order valence-corrected chi connectivity index (χ1v) is 9.45. The second-order valence-electron chi connectivity index (χ2n) is 7.23. The lowest BCUT2D eigenvalue weighted by molar-refractivity contribution is -0.143. The topological polar surface area (TPSA) is 46.6 Å². The van der Waals surface area contributed by atoms with Crippen molar-refractivity contribution in [3.63, 3.8) is 0 Å². The van der Waals surface area contributed by atoms with Gasteiger partial charge in [-0.2, -0.15) is 26.3 Å². The summed E-state index contributed by atoms with van der Waals surface area (Å²) in [6, 6.07) is 12.9. The van der Waals surface area contributed by atoms with Gasteiger partial charge < -0.3 is 4.74 Å². The van der Waals surface area contributed by atoms with Crippen LogP contribution in [0.15, 0.2) is 66.7 Å². The van der Waals surface area contributed by atoms with Crippen molar-refractivity contribution in [3.8, 4) is 11.5 Å². The second kappa shape index (κ2) is 7.95. The molecule has 3 aromatic rings. The molecule has 1 aliphatic rings. The fourth-order valence-corrected chi connectivity index (χ4v) is 3.35. The van der Waals surface area contributed by atoms with Crippen LogP contribution in [0.2, 0.25) is 0 Å². The molecule has 2 amide bonds. The number of hydrogen-bond acceptors (Lipinski definition) is 3. The van der Waals surface area contributed by atoms with Crippen molar-refractivity contribution >= 4 is 11.8 Å². The summed E-state index contributed by atoms with van der Waals surface area (Å²) in [6.45, 7) is -0.0611. The predicted molar refractivity (Wildman–Crippen MR) is 104 cm³/mol. The third kappa shape index (κ3) is 4.55. The summed E-state index contributed by atoms with van der Waals surface area (Å²) >= 11 is 0. The lowest BCUT2D eigenvalue weighted by Gasteiger charge is -2.16. The van der Waals surface area contributed by atoms with Crippen molar-refractivity contribution in [1.29, 1.82) is 0 Å². The highest BCUT2D eigenvalue weighted by molar-refractivity contribution is 6.21. The summed E-state index contributed by atoms with van der Waals surface area (Å²) in [6.07, 6.45) is -9.98. The minimum Gasteiger partial charge on any atom is -0.457 e. The average molecular weight is 465 g/mol. The highest BCUT2D eigenvalue weighted by atomic mass is 19.4. The third-order valence-electron chi connectivity index (χ3n) is 4.94. The van der Waals surface area contributed by atoms with E-state index in [2.05, 4.69) is 0 Å². The van der Waals surface area contributed by atoms with Crippen molar-refractivity contribution in [2.24, 2.45) is 0 Å². The highest BCUT2D eigenvalue weighted by Gasteiger charge is 2.37. The normalized spacial score (nSPS) is 13.9. The lowest BCUT2D eigenvalue weighted by Crippen LogP contribution is -2.29. The standard InChI is InChI=1S/C23H13F6NO3/c24-22(25,26)14-9-15(23(27,28)29)11-17(10-14)33-16-7-5-13(6-8-16)12-30-20(31)18-3-1-2-4-19(18)21(30)32/h1-11H,12H2. The number of alkyl halides is 6. The molecular formula is C23H13F6NO3. The molecule has 3 aromatic carbocycles. The zero-order valence-corrected chi connectivity index (χ0v) is 16.5. The zero-order chi connectivity index (χ0) is 24.0. The van der Waals surface area contributed by atoms with Crippen LogP contribution >= 0.6 is 0 Å². The number of imide groups is 1. The van der Waals surface area contributed by atoms with Crippen molar-refractivity contribution in [2.75, 3.05) is 0 Å². The smallest absolute Gasteiger partial charge is 0.416 e. The van der Waals surface area contributed by atoms with Gasteiger partial charge in [-0.25, -0.2) is 0 Å². The van der Waals surface area contributed by atoms with E-state index in [-0.39, 0.29) is 29.5 Å². The fraction of sp³-hybridized carbons (Fsp3) is 0.130. The SMILES string of the molecule is O=C1c2ccccc2C(=O)N1Cc1ccc(Oc2cc(C(F)(F)F)cc(C(F)(F)F)c2)cc1.